The maximum Gasteiger partial charge on any atom is 0.239 e. The summed E-state index contributed by atoms with van der Waals surface area (Å²) in [7, 11) is 0. The first kappa shape index (κ1) is 12.8. The first-order valence-corrected chi connectivity index (χ1v) is 7.59. The normalized spacial score (nSPS) is 25.2. The molecule has 0 bridgehead atoms. The number of nitrogens with zero attached hydrogens (tertiary/aromatic N) is 3. The van der Waals surface area contributed by atoms with Gasteiger partial charge >= 0.3 is 0 Å². The van der Waals surface area contributed by atoms with Crippen molar-refractivity contribution in [2.24, 2.45) is 5.84 Å². The molecule has 0 aliphatic carbocycles. The van der Waals surface area contributed by atoms with Crippen molar-refractivity contribution >= 4 is 22.7 Å². The van der Waals surface area contributed by atoms with Gasteiger partial charge in [-0.05, 0) is 37.9 Å². The zero-order chi connectivity index (χ0) is 14.2. The number of nitrogens with two attached hydrogens (primary N) is 1. The molecule has 0 radical (unpaired) electrons. The number of para-hydroxylation sites is 1. The van der Waals surface area contributed by atoms with E-state index in [1.807, 2.05) is 18.2 Å². The van der Waals surface area contributed by atoms with Crippen LogP contribution in [0.15, 0.2) is 24.3 Å². The van der Waals surface area contributed by atoms with Crippen LogP contribution in [0.5, 0.6) is 0 Å². The van der Waals surface area contributed by atoms with E-state index in [4.69, 9.17) is 5.84 Å². The molecule has 2 saturated heterocycles. The summed E-state index contributed by atoms with van der Waals surface area (Å²) in [5, 5.41) is 4.69. The summed E-state index contributed by atoms with van der Waals surface area (Å²) in [5.74, 6) is 6.83. The fourth-order valence-electron chi connectivity index (χ4n) is 3.68. The van der Waals surface area contributed by atoms with Crippen LogP contribution in [-0.4, -0.2) is 40.0 Å². The summed E-state index contributed by atoms with van der Waals surface area (Å²) < 4.78 is 0. The Morgan fingerprint density at radius 1 is 1.14 bits per heavy atom. The van der Waals surface area contributed by atoms with Gasteiger partial charge in [-0.25, -0.2) is 10.8 Å². The van der Waals surface area contributed by atoms with E-state index >= 15 is 0 Å². The van der Waals surface area contributed by atoms with Gasteiger partial charge in [0.1, 0.15) is 5.82 Å². The van der Waals surface area contributed by atoms with E-state index in [0.717, 1.165) is 16.7 Å². The first-order chi connectivity index (χ1) is 10.3. The molecule has 2 unspecified atom stereocenters. The zero-order valence-electron chi connectivity index (χ0n) is 11.9. The van der Waals surface area contributed by atoms with Crippen LogP contribution in [0.3, 0.4) is 0 Å². The zero-order valence-corrected chi connectivity index (χ0v) is 11.9. The highest BCUT2D eigenvalue weighted by Crippen LogP contribution is 2.31. The van der Waals surface area contributed by atoms with E-state index in [1.165, 1.54) is 32.4 Å². The quantitative estimate of drug-likeness (QED) is 0.586. The molecule has 21 heavy (non-hydrogen) atoms. The molecule has 0 spiro atoms. The van der Waals surface area contributed by atoms with Gasteiger partial charge in [0.2, 0.25) is 5.95 Å². The number of hydrazine groups is 1. The lowest BCUT2D eigenvalue weighted by Gasteiger charge is -2.22. The second-order valence-corrected chi connectivity index (χ2v) is 5.84. The van der Waals surface area contributed by atoms with Gasteiger partial charge in [-0.15, -0.1) is 0 Å². The van der Waals surface area contributed by atoms with Crippen LogP contribution in [0.4, 0.5) is 11.8 Å². The average Bonchev–Trinajstić information content (AvgIpc) is 3.12. The molecule has 110 valence electrons. The highest BCUT2D eigenvalue weighted by molar-refractivity contribution is 5.90. The molecule has 6 nitrogen and oxygen atoms in total. The monoisotopic (exact) mass is 284 g/mol. The number of benzene rings is 1. The van der Waals surface area contributed by atoms with Crippen molar-refractivity contribution in [2.45, 2.75) is 31.3 Å². The van der Waals surface area contributed by atoms with Crippen molar-refractivity contribution in [2.75, 3.05) is 23.8 Å². The number of aromatic nitrogens is 2. The second-order valence-electron chi connectivity index (χ2n) is 5.84. The Morgan fingerprint density at radius 3 is 2.95 bits per heavy atom. The van der Waals surface area contributed by atoms with Gasteiger partial charge in [0.05, 0.1) is 5.52 Å². The van der Waals surface area contributed by atoms with Crippen LogP contribution < -0.4 is 16.6 Å². The summed E-state index contributed by atoms with van der Waals surface area (Å²) >= 11 is 0. The number of fused-ring (bicyclic) bond motifs is 2. The topological polar surface area (TPSA) is 79.1 Å². The SMILES string of the molecule is NNc1nc(NC2CCN3CCCC23)c2ccccc2n1. The van der Waals surface area contributed by atoms with Gasteiger partial charge in [-0.2, -0.15) is 4.98 Å². The molecule has 2 aliphatic rings. The van der Waals surface area contributed by atoms with Crippen LogP contribution in [0.1, 0.15) is 19.3 Å². The highest BCUT2D eigenvalue weighted by Gasteiger charge is 2.37. The molecular formula is C15H20N6. The third kappa shape index (κ3) is 2.20. The van der Waals surface area contributed by atoms with E-state index in [2.05, 4.69) is 31.7 Å². The number of hydrogen-bond donors (Lipinski definition) is 3. The maximum atomic E-state index is 5.49. The molecule has 6 heteroatoms. The van der Waals surface area contributed by atoms with Crippen LogP contribution in [0.25, 0.3) is 10.9 Å². The van der Waals surface area contributed by atoms with Gasteiger partial charge in [-0.1, -0.05) is 12.1 Å². The fraction of sp³-hybridized carbons (Fsp3) is 0.467. The van der Waals surface area contributed by atoms with Gasteiger partial charge in [0.25, 0.3) is 0 Å². The van der Waals surface area contributed by atoms with Crippen LogP contribution >= 0.6 is 0 Å². The van der Waals surface area contributed by atoms with Gasteiger partial charge < -0.3 is 5.32 Å². The molecule has 4 N–H and O–H groups in total. The first-order valence-electron chi connectivity index (χ1n) is 7.59. The van der Waals surface area contributed by atoms with Crippen molar-refractivity contribution in [3.8, 4) is 0 Å². The molecule has 0 saturated carbocycles. The summed E-state index contributed by atoms with van der Waals surface area (Å²) in [6, 6.07) is 9.15. The molecule has 2 fully saturated rings. The average molecular weight is 284 g/mol. The minimum atomic E-state index is 0.456. The standard InChI is InChI=1S/C15H20N6/c16-20-15-18-11-5-2-1-4-10(11)14(19-15)17-12-7-9-21-8-3-6-13(12)21/h1-2,4-5,12-13H,3,6-9,16H2,(H2,17,18,19,20). The maximum absolute atomic E-state index is 5.49. The second kappa shape index (κ2) is 5.13. The van der Waals surface area contributed by atoms with Crippen molar-refractivity contribution in [1.82, 2.24) is 14.9 Å². The summed E-state index contributed by atoms with van der Waals surface area (Å²) in [5.41, 5.74) is 3.46. The molecule has 2 atom stereocenters. The Labute approximate surface area is 123 Å². The van der Waals surface area contributed by atoms with E-state index in [1.54, 1.807) is 0 Å². The van der Waals surface area contributed by atoms with Gasteiger partial charge in [0.15, 0.2) is 0 Å². The van der Waals surface area contributed by atoms with Crippen molar-refractivity contribution in [3.05, 3.63) is 24.3 Å². The molecule has 1 aromatic carbocycles. The van der Waals surface area contributed by atoms with Crippen molar-refractivity contribution in [3.63, 3.8) is 0 Å². The third-order valence-electron chi connectivity index (χ3n) is 4.66. The van der Waals surface area contributed by atoms with Crippen LogP contribution in [-0.2, 0) is 0 Å². The van der Waals surface area contributed by atoms with Crippen LogP contribution in [0, 0.1) is 0 Å². The Bertz CT molecular complexity index is 658. The summed E-state index contributed by atoms with van der Waals surface area (Å²) in [6.45, 7) is 2.43. The molecule has 4 rings (SSSR count). The van der Waals surface area contributed by atoms with E-state index < -0.39 is 0 Å². The minimum absolute atomic E-state index is 0.456. The Balaban J connectivity index is 1.69. The van der Waals surface area contributed by atoms with Crippen molar-refractivity contribution in [1.29, 1.82) is 0 Å². The number of nitrogen functional groups attached to an aromatic ring is 1. The summed E-state index contributed by atoms with van der Waals surface area (Å²) in [6.07, 6.45) is 3.76. The molecule has 1 aromatic heterocycles. The molecule has 0 amide bonds. The fourth-order valence-corrected chi connectivity index (χ4v) is 3.68. The molecule has 2 aromatic rings. The van der Waals surface area contributed by atoms with Crippen LogP contribution in [0.2, 0.25) is 0 Å². The van der Waals surface area contributed by atoms with E-state index in [0.29, 0.717) is 18.0 Å². The minimum Gasteiger partial charge on any atom is -0.365 e. The Morgan fingerprint density at radius 2 is 2.05 bits per heavy atom. The molecule has 3 heterocycles. The lowest BCUT2D eigenvalue weighted by Crippen LogP contribution is -2.34. The number of nitrogens with one attached hydrogen (secondary N) is 2. The highest BCUT2D eigenvalue weighted by atomic mass is 15.3. The predicted octanol–water partition coefficient (Wildman–Crippen LogP) is 1.56. The predicted molar refractivity (Wildman–Crippen MR) is 84.0 cm³/mol. The number of anilines is 2. The van der Waals surface area contributed by atoms with Crippen molar-refractivity contribution < 1.29 is 0 Å². The number of rotatable bonds is 3. The van der Waals surface area contributed by atoms with E-state index in [-0.39, 0.29) is 0 Å². The Hall–Kier alpha value is -1.92. The smallest absolute Gasteiger partial charge is 0.239 e. The molecular weight excluding hydrogens is 264 g/mol. The largest absolute Gasteiger partial charge is 0.365 e. The van der Waals surface area contributed by atoms with Gasteiger partial charge in [-0.3, -0.25) is 10.3 Å². The molecule has 2 aliphatic heterocycles. The van der Waals surface area contributed by atoms with Gasteiger partial charge in [0, 0.05) is 24.0 Å². The lowest BCUT2D eigenvalue weighted by molar-refractivity contribution is 0.318. The van der Waals surface area contributed by atoms with E-state index in [9.17, 15) is 0 Å². The lowest BCUT2D eigenvalue weighted by atomic mass is 10.1. The third-order valence-corrected chi connectivity index (χ3v) is 4.66. The summed E-state index contributed by atoms with van der Waals surface area (Å²) in [4.78, 5) is 11.5. The Kier molecular flexibility index (Phi) is 3.12. The number of hydrogen-bond acceptors (Lipinski definition) is 6.